The van der Waals surface area contributed by atoms with Gasteiger partial charge in [0.25, 0.3) is 0 Å². The molecular weight excluding hydrogens is 240 g/mol. The molecule has 0 aromatic rings. The van der Waals surface area contributed by atoms with Gasteiger partial charge in [-0.05, 0) is 33.7 Å². The van der Waals surface area contributed by atoms with Crippen molar-refractivity contribution in [1.29, 1.82) is 0 Å². The van der Waals surface area contributed by atoms with E-state index >= 15 is 0 Å². The third-order valence-corrected chi connectivity index (χ3v) is 4.71. The largest absolute Gasteiger partial charge is 0.394 e. The zero-order valence-electron chi connectivity index (χ0n) is 12.6. The average Bonchev–Trinajstić information content (AvgIpc) is 2.56. The van der Waals surface area contributed by atoms with Gasteiger partial charge in [0.1, 0.15) is 6.04 Å². The number of nitrogens with zero attached hydrogens (tertiary/aromatic N) is 2. The lowest BCUT2D eigenvalue weighted by molar-refractivity contribution is -0.157. The number of aliphatic hydroxyl groups is 1. The molecule has 1 aliphatic heterocycles. The highest BCUT2D eigenvalue weighted by Gasteiger charge is 2.45. The van der Waals surface area contributed by atoms with Gasteiger partial charge in [-0.3, -0.25) is 9.69 Å². The van der Waals surface area contributed by atoms with E-state index < -0.39 is 0 Å². The predicted octanol–water partition coefficient (Wildman–Crippen LogP) is 1.62. The van der Waals surface area contributed by atoms with E-state index in [4.69, 9.17) is 0 Å². The fourth-order valence-electron chi connectivity index (χ4n) is 3.85. The summed E-state index contributed by atoms with van der Waals surface area (Å²) in [6.07, 6.45) is 7.28. The summed E-state index contributed by atoms with van der Waals surface area (Å²) in [5, 5.41) is 9.48. The Kier molecular flexibility index (Phi) is 4.51. The second-order valence-corrected chi connectivity index (χ2v) is 6.78. The molecule has 1 N–H and O–H groups in total. The molecule has 1 aliphatic carbocycles. The third-order valence-electron chi connectivity index (χ3n) is 4.71. The molecule has 2 aliphatic rings. The highest BCUT2D eigenvalue weighted by atomic mass is 16.3. The normalized spacial score (nSPS) is 30.4. The number of rotatable bonds is 2. The zero-order valence-corrected chi connectivity index (χ0v) is 12.6. The topological polar surface area (TPSA) is 43.8 Å². The highest BCUT2D eigenvalue weighted by Crippen LogP contribution is 2.32. The van der Waals surface area contributed by atoms with Gasteiger partial charge in [0.15, 0.2) is 0 Å². The van der Waals surface area contributed by atoms with E-state index in [1.165, 1.54) is 25.7 Å². The van der Waals surface area contributed by atoms with Gasteiger partial charge in [-0.25, -0.2) is 0 Å². The van der Waals surface area contributed by atoms with Crippen LogP contribution in [0.3, 0.4) is 0 Å². The van der Waals surface area contributed by atoms with Crippen LogP contribution < -0.4 is 0 Å². The number of hydrogen-bond acceptors (Lipinski definition) is 3. The lowest BCUT2D eigenvalue weighted by Gasteiger charge is -2.52. The first-order chi connectivity index (χ1) is 8.97. The van der Waals surface area contributed by atoms with E-state index in [1.807, 2.05) is 11.9 Å². The summed E-state index contributed by atoms with van der Waals surface area (Å²) in [5.41, 5.74) is -0.132. The molecule has 1 saturated heterocycles. The second-order valence-electron chi connectivity index (χ2n) is 6.78. The Labute approximate surface area is 116 Å². The Morgan fingerprint density at radius 2 is 1.79 bits per heavy atom. The summed E-state index contributed by atoms with van der Waals surface area (Å²) in [7, 11) is 1.94. The van der Waals surface area contributed by atoms with Crippen molar-refractivity contribution < 1.29 is 9.90 Å². The van der Waals surface area contributed by atoms with Crippen molar-refractivity contribution in [3.63, 3.8) is 0 Å². The molecule has 2 rings (SSSR count). The Balaban J connectivity index is 2.21. The van der Waals surface area contributed by atoms with Crippen molar-refractivity contribution in [2.75, 3.05) is 20.2 Å². The van der Waals surface area contributed by atoms with Gasteiger partial charge < -0.3 is 10.0 Å². The fraction of sp³-hybridized carbons (Fsp3) is 0.933. The number of piperazine rings is 1. The number of carbonyl (C=O) groups is 1. The number of hydrogen-bond donors (Lipinski definition) is 1. The number of carbonyl (C=O) groups excluding carboxylic acids is 1. The molecule has 1 unspecified atom stereocenters. The molecule has 1 amide bonds. The van der Waals surface area contributed by atoms with Crippen LogP contribution in [0.15, 0.2) is 0 Å². The van der Waals surface area contributed by atoms with Crippen molar-refractivity contribution in [1.82, 2.24) is 9.80 Å². The monoisotopic (exact) mass is 268 g/mol. The first-order valence-electron chi connectivity index (χ1n) is 7.61. The van der Waals surface area contributed by atoms with Gasteiger partial charge in [-0.1, -0.05) is 25.7 Å². The third kappa shape index (κ3) is 2.95. The molecule has 110 valence electrons. The summed E-state index contributed by atoms with van der Waals surface area (Å²) < 4.78 is 0. The average molecular weight is 268 g/mol. The molecule has 0 bridgehead atoms. The van der Waals surface area contributed by atoms with Crippen LogP contribution in [0, 0.1) is 0 Å². The van der Waals surface area contributed by atoms with Crippen molar-refractivity contribution >= 4 is 5.91 Å². The summed E-state index contributed by atoms with van der Waals surface area (Å²) in [5.74, 6) is 0.119. The van der Waals surface area contributed by atoms with Crippen LogP contribution in [0.5, 0.6) is 0 Å². The molecule has 19 heavy (non-hydrogen) atoms. The molecule has 4 nitrogen and oxygen atoms in total. The van der Waals surface area contributed by atoms with Gasteiger partial charge in [-0.2, -0.15) is 0 Å². The van der Waals surface area contributed by atoms with Crippen LogP contribution in [0.2, 0.25) is 0 Å². The standard InChI is InChI=1S/C15H28N2O2/c1-15(2)11-16(3)13(10-18)14(19)17(15)12-8-6-4-5-7-9-12/h12-13,18H,4-11H2,1-3H3. The van der Waals surface area contributed by atoms with Crippen LogP contribution in [0.4, 0.5) is 0 Å². The zero-order chi connectivity index (χ0) is 14.0. The van der Waals surface area contributed by atoms with Gasteiger partial charge in [0.2, 0.25) is 5.91 Å². The van der Waals surface area contributed by atoms with Crippen LogP contribution in [0.25, 0.3) is 0 Å². The van der Waals surface area contributed by atoms with Gasteiger partial charge in [0.05, 0.1) is 12.1 Å². The number of aliphatic hydroxyl groups excluding tert-OH is 1. The number of likely N-dealkylation sites (N-methyl/N-ethyl adjacent to an activating group) is 1. The van der Waals surface area contributed by atoms with E-state index in [1.54, 1.807) is 0 Å². The van der Waals surface area contributed by atoms with E-state index in [0.717, 1.165) is 19.4 Å². The Bertz CT molecular complexity index is 322. The molecule has 0 spiro atoms. The molecule has 0 aromatic heterocycles. The molecule has 1 heterocycles. The van der Waals surface area contributed by atoms with Crippen molar-refractivity contribution in [2.45, 2.75) is 70.0 Å². The maximum Gasteiger partial charge on any atom is 0.243 e. The molecule has 1 saturated carbocycles. The molecule has 2 fully saturated rings. The lowest BCUT2D eigenvalue weighted by Crippen LogP contribution is -2.68. The SMILES string of the molecule is CN1CC(C)(C)N(C2CCCCCC2)C(=O)C1CO. The molecule has 4 heteroatoms. The molecule has 0 radical (unpaired) electrons. The second kappa shape index (κ2) is 5.80. The van der Waals surface area contributed by atoms with E-state index in [9.17, 15) is 9.90 Å². The van der Waals surface area contributed by atoms with Gasteiger partial charge in [0, 0.05) is 12.6 Å². The first-order valence-corrected chi connectivity index (χ1v) is 7.61. The lowest BCUT2D eigenvalue weighted by atomic mass is 9.91. The van der Waals surface area contributed by atoms with Crippen LogP contribution >= 0.6 is 0 Å². The molecule has 1 atom stereocenters. The number of amides is 1. The van der Waals surface area contributed by atoms with E-state index in [-0.39, 0.29) is 24.1 Å². The smallest absolute Gasteiger partial charge is 0.243 e. The van der Waals surface area contributed by atoms with Crippen molar-refractivity contribution in [2.24, 2.45) is 0 Å². The van der Waals surface area contributed by atoms with Crippen molar-refractivity contribution in [3.05, 3.63) is 0 Å². The van der Waals surface area contributed by atoms with Crippen LogP contribution in [0.1, 0.15) is 52.4 Å². The van der Waals surface area contributed by atoms with E-state index in [0.29, 0.717) is 6.04 Å². The first kappa shape index (κ1) is 14.8. The summed E-state index contributed by atoms with van der Waals surface area (Å²) >= 11 is 0. The van der Waals surface area contributed by atoms with Crippen LogP contribution in [-0.2, 0) is 4.79 Å². The Morgan fingerprint density at radius 3 is 2.32 bits per heavy atom. The summed E-state index contributed by atoms with van der Waals surface area (Å²) in [6, 6.07) is 0.0176. The maximum atomic E-state index is 12.7. The van der Waals surface area contributed by atoms with Gasteiger partial charge >= 0.3 is 0 Å². The fourth-order valence-corrected chi connectivity index (χ4v) is 3.85. The van der Waals surface area contributed by atoms with E-state index in [2.05, 4.69) is 18.7 Å². The molecular formula is C15H28N2O2. The maximum absolute atomic E-state index is 12.7. The minimum absolute atomic E-state index is 0.0748. The summed E-state index contributed by atoms with van der Waals surface area (Å²) in [4.78, 5) is 16.8. The Morgan fingerprint density at radius 1 is 1.21 bits per heavy atom. The quantitative estimate of drug-likeness (QED) is 0.774. The Hall–Kier alpha value is -0.610. The predicted molar refractivity (Wildman–Crippen MR) is 75.9 cm³/mol. The van der Waals surface area contributed by atoms with Gasteiger partial charge in [-0.15, -0.1) is 0 Å². The highest BCUT2D eigenvalue weighted by molar-refractivity contribution is 5.84. The van der Waals surface area contributed by atoms with Crippen molar-refractivity contribution in [3.8, 4) is 0 Å². The van der Waals surface area contributed by atoms with Crippen LogP contribution in [-0.4, -0.2) is 58.6 Å². The minimum atomic E-state index is -0.351. The minimum Gasteiger partial charge on any atom is -0.394 e. The molecule has 0 aromatic carbocycles. The summed E-state index contributed by atoms with van der Waals surface area (Å²) in [6.45, 7) is 5.06.